The molecule has 0 aromatic heterocycles. The van der Waals surface area contributed by atoms with Gasteiger partial charge >= 0.3 is 0 Å². The molecule has 100 valence electrons. The second kappa shape index (κ2) is 7.97. The van der Waals surface area contributed by atoms with E-state index in [-0.39, 0.29) is 23.0 Å². The Balaban J connectivity index is 2.32. The lowest BCUT2D eigenvalue weighted by Gasteiger charge is -2.06. The number of phenols is 2. The van der Waals surface area contributed by atoms with E-state index in [9.17, 15) is 15.0 Å². The van der Waals surface area contributed by atoms with E-state index in [2.05, 4.69) is 21.2 Å². The molecule has 0 bridgehead atoms. The molecule has 5 heteroatoms. The van der Waals surface area contributed by atoms with E-state index in [0.29, 0.717) is 6.54 Å². The van der Waals surface area contributed by atoms with Crippen LogP contribution < -0.4 is 5.32 Å². The van der Waals surface area contributed by atoms with Crippen molar-refractivity contribution in [3.05, 3.63) is 23.8 Å². The second-order valence-corrected chi connectivity index (χ2v) is 4.89. The van der Waals surface area contributed by atoms with Gasteiger partial charge in [-0.2, -0.15) is 0 Å². The van der Waals surface area contributed by atoms with E-state index in [1.54, 1.807) is 0 Å². The van der Waals surface area contributed by atoms with Crippen molar-refractivity contribution < 1.29 is 15.0 Å². The fraction of sp³-hybridized carbons (Fsp3) is 0.462. The molecule has 0 aliphatic heterocycles. The maximum atomic E-state index is 11.7. The van der Waals surface area contributed by atoms with Crippen LogP contribution in [0.1, 0.15) is 36.0 Å². The van der Waals surface area contributed by atoms with Crippen LogP contribution in [0.3, 0.4) is 0 Å². The predicted molar refractivity (Wildman–Crippen MR) is 74.4 cm³/mol. The van der Waals surface area contributed by atoms with Gasteiger partial charge in [-0.15, -0.1) is 0 Å². The van der Waals surface area contributed by atoms with Gasteiger partial charge in [-0.25, -0.2) is 0 Å². The van der Waals surface area contributed by atoms with Gasteiger partial charge in [0.25, 0.3) is 5.91 Å². The number of alkyl halides is 1. The topological polar surface area (TPSA) is 69.6 Å². The van der Waals surface area contributed by atoms with E-state index < -0.39 is 0 Å². The van der Waals surface area contributed by atoms with Crippen LogP contribution in [0.5, 0.6) is 11.5 Å². The smallest absolute Gasteiger partial charge is 0.251 e. The highest BCUT2D eigenvalue weighted by molar-refractivity contribution is 9.09. The van der Waals surface area contributed by atoms with Gasteiger partial charge in [0.1, 0.15) is 11.5 Å². The highest BCUT2D eigenvalue weighted by atomic mass is 79.9. The minimum absolute atomic E-state index is 0.113. The third-order valence-electron chi connectivity index (χ3n) is 2.51. The summed E-state index contributed by atoms with van der Waals surface area (Å²) in [7, 11) is 0. The third kappa shape index (κ3) is 5.40. The van der Waals surface area contributed by atoms with Crippen LogP contribution in [0.4, 0.5) is 0 Å². The van der Waals surface area contributed by atoms with Gasteiger partial charge in [-0.05, 0) is 25.0 Å². The van der Waals surface area contributed by atoms with Gasteiger partial charge in [0.2, 0.25) is 0 Å². The first-order valence-corrected chi connectivity index (χ1v) is 7.13. The third-order valence-corrected chi connectivity index (χ3v) is 3.07. The number of phenolic OH excluding ortho intramolecular Hbond substituents is 2. The number of hydrogen-bond acceptors (Lipinski definition) is 3. The molecular weight excluding hydrogens is 298 g/mol. The predicted octanol–water partition coefficient (Wildman–Crippen LogP) is 2.78. The molecule has 4 nitrogen and oxygen atoms in total. The fourth-order valence-corrected chi connectivity index (χ4v) is 2.00. The standard InChI is InChI=1S/C13H18BrNO3/c14-5-3-1-2-4-6-15-13(18)10-7-11(16)9-12(17)8-10/h7-9,16-17H,1-6H2,(H,15,18). The maximum Gasteiger partial charge on any atom is 0.251 e. The first-order chi connectivity index (χ1) is 8.63. The maximum absolute atomic E-state index is 11.7. The van der Waals surface area contributed by atoms with Gasteiger partial charge in [0.05, 0.1) is 0 Å². The van der Waals surface area contributed by atoms with Crippen LogP contribution in [0.25, 0.3) is 0 Å². The molecule has 0 radical (unpaired) electrons. The van der Waals surface area contributed by atoms with Crippen molar-refractivity contribution in [2.45, 2.75) is 25.7 Å². The first-order valence-electron chi connectivity index (χ1n) is 6.00. The number of rotatable bonds is 7. The van der Waals surface area contributed by atoms with Crippen molar-refractivity contribution in [1.82, 2.24) is 5.32 Å². The van der Waals surface area contributed by atoms with Gasteiger partial charge in [-0.1, -0.05) is 28.8 Å². The Morgan fingerprint density at radius 3 is 2.28 bits per heavy atom. The summed E-state index contributed by atoms with van der Waals surface area (Å²) in [5, 5.41) is 22.3. The quantitative estimate of drug-likeness (QED) is 0.535. The number of nitrogens with one attached hydrogen (secondary N) is 1. The highest BCUT2D eigenvalue weighted by Gasteiger charge is 2.07. The Labute approximate surface area is 115 Å². The van der Waals surface area contributed by atoms with Crippen LogP contribution in [0.2, 0.25) is 0 Å². The number of carbonyl (C=O) groups excluding carboxylic acids is 1. The lowest BCUT2D eigenvalue weighted by molar-refractivity contribution is 0.0952. The monoisotopic (exact) mass is 315 g/mol. The molecule has 1 amide bonds. The molecule has 1 aromatic carbocycles. The van der Waals surface area contributed by atoms with Crippen LogP contribution in [-0.4, -0.2) is 28.0 Å². The number of benzene rings is 1. The molecule has 1 rings (SSSR count). The molecule has 18 heavy (non-hydrogen) atoms. The number of amides is 1. The van der Waals surface area contributed by atoms with Crippen molar-refractivity contribution >= 4 is 21.8 Å². The fourth-order valence-electron chi connectivity index (χ4n) is 1.60. The summed E-state index contributed by atoms with van der Waals surface area (Å²) in [6.45, 7) is 0.609. The summed E-state index contributed by atoms with van der Waals surface area (Å²) < 4.78 is 0. The van der Waals surface area contributed by atoms with E-state index in [0.717, 1.165) is 31.0 Å². The van der Waals surface area contributed by atoms with Crippen LogP contribution in [0, 0.1) is 0 Å². The average Bonchev–Trinajstić information content (AvgIpc) is 2.32. The summed E-state index contributed by atoms with van der Waals surface area (Å²) in [4.78, 5) is 11.7. The summed E-state index contributed by atoms with van der Waals surface area (Å²) >= 11 is 3.37. The van der Waals surface area contributed by atoms with Crippen molar-refractivity contribution in [3.63, 3.8) is 0 Å². The summed E-state index contributed by atoms with van der Waals surface area (Å²) in [6.07, 6.45) is 4.31. The molecular formula is C13H18BrNO3. The summed E-state index contributed by atoms with van der Waals surface area (Å²) in [5.74, 6) is -0.503. The van der Waals surface area contributed by atoms with Gasteiger partial charge < -0.3 is 15.5 Å². The van der Waals surface area contributed by atoms with Crippen molar-refractivity contribution in [1.29, 1.82) is 0 Å². The Bertz CT molecular complexity index is 376. The molecule has 0 unspecified atom stereocenters. The number of halogens is 1. The molecule has 0 saturated carbocycles. The van der Waals surface area contributed by atoms with Crippen LogP contribution >= 0.6 is 15.9 Å². The van der Waals surface area contributed by atoms with Crippen molar-refractivity contribution in [2.75, 3.05) is 11.9 Å². The SMILES string of the molecule is O=C(NCCCCCCBr)c1cc(O)cc(O)c1. The summed E-state index contributed by atoms with van der Waals surface area (Å²) in [6, 6.07) is 3.86. The van der Waals surface area contributed by atoms with E-state index in [4.69, 9.17) is 0 Å². The highest BCUT2D eigenvalue weighted by Crippen LogP contribution is 2.20. The molecule has 0 fully saturated rings. The molecule has 1 aromatic rings. The van der Waals surface area contributed by atoms with E-state index >= 15 is 0 Å². The lowest BCUT2D eigenvalue weighted by Crippen LogP contribution is -2.24. The molecule has 0 heterocycles. The van der Waals surface area contributed by atoms with Crippen molar-refractivity contribution in [2.24, 2.45) is 0 Å². The molecule has 0 saturated heterocycles. The Morgan fingerprint density at radius 2 is 1.67 bits per heavy atom. The number of carbonyl (C=O) groups is 1. The Hall–Kier alpha value is -1.23. The zero-order valence-electron chi connectivity index (χ0n) is 10.2. The Kier molecular flexibility index (Phi) is 6.57. The molecule has 0 spiro atoms. The minimum atomic E-state index is -0.276. The molecule has 0 atom stereocenters. The van der Waals surface area contributed by atoms with Gasteiger partial charge in [-0.3, -0.25) is 4.79 Å². The molecule has 3 N–H and O–H groups in total. The first kappa shape index (κ1) is 14.8. The molecule has 0 aliphatic rings. The van der Waals surface area contributed by atoms with E-state index in [1.807, 2.05) is 0 Å². The number of aromatic hydroxyl groups is 2. The van der Waals surface area contributed by atoms with E-state index in [1.165, 1.54) is 18.2 Å². The average molecular weight is 316 g/mol. The van der Waals surface area contributed by atoms with Crippen LogP contribution in [-0.2, 0) is 0 Å². The number of hydrogen-bond donors (Lipinski definition) is 3. The lowest BCUT2D eigenvalue weighted by atomic mass is 10.1. The van der Waals surface area contributed by atoms with Crippen LogP contribution in [0.15, 0.2) is 18.2 Å². The van der Waals surface area contributed by atoms with Crippen molar-refractivity contribution in [3.8, 4) is 11.5 Å². The Morgan fingerprint density at radius 1 is 1.06 bits per heavy atom. The van der Waals surface area contributed by atoms with Gasteiger partial charge in [0.15, 0.2) is 0 Å². The number of unbranched alkanes of at least 4 members (excludes halogenated alkanes) is 3. The normalized spacial score (nSPS) is 10.3. The molecule has 0 aliphatic carbocycles. The zero-order chi connectivity index (χ0) is 13.4. The van der Waals surface area contributed by atoms with Gasteiger partial charge in [0, 0.05) is 23.5 Å². The second-order valence-electron chi connectivity index (χ2n) is 4.10. The summed E-state index contributed by atoms with van der Waals surface area (Å²) in [5.41, 5.74) is 0.271. The zero-order valence-corrected chi connectivity index (χ0v) is 11.7. The largest absolute Gasteiger partial charge is 0.508 e. The minimum Gasteiger partial charge on any atom is -0.508 e.